The molecule has 0 heterocycles. The molecule has 0 aromatic heterocycles. The highest BCUT2D eigenvalue weighted by molar-refractivity contribution is 6.30. The van der Waals surface area contributed by atoms with Crippen molar-refractivity contribution in [3.05, 3.63) is 28.8 Å². The summed E-state index contributed by atoms with van der Waals surface area (Å²) in [7, 11) is 1.33. The van der Waals surface area contributed by atoms with E-state index in [-0.39, 0.29) is 0 Å². The maximum absolute atomic E-state index is 11.1. The summed E-state index contributed by atoms with van der Waals surface area (Å²) in [5.74, 6) is 0.190. The van der Waals surface area contributed by atoms with Crippen LogP contribution < -0.4 is 4.74 Å². The van der Waals surface area contributed by atoms with E-state index in [1.54, 1.807) is 19.1 Å². The second kappa shape index (κ2) is 5.03. The van der Waals surface area contributed by atoms with Crippen molar-refractivity contribution in [2.45, 2.75) is 20.0 Å². The molecule has 82 valence electrons. The summed E-state index contributed by atoms with van der Waals surface area (Å²) in [5.41, 5.74) is 0.926. The number of esters is 1. The van der Waals surface area contributed by atoms with E-state index in [4.69, 9.17) is 16.3 Å². The van der Waals surface area contributed by atoms with Crippen LogP contribution in [0.25, 0.3) is 0 Å². The van der Waals surface area contributed by atoms with Crippen molar-refractivity contribution in [2.75, 3.05) is 7.11 Å². The van der Waals surface area contributed by atoms with Crippen molar-refractivity contribution < 1.29 is 14.3 Å². The quantitative estimate of drug-likeness (QED) is 0.746. The van der Waals surface area contributed by atoms with Crippen LogP contribution in [0.2, 0.25) is 5.02 Å². The fourth-order valence-electron chi connectivity index (χ4n) is 1.11. The summed E-state index contributed by atoms with van der Waals surface area (Å²) in [6, 6.07) is 5.28. The average molecular weight is 229 g/mol. The van der Waals surface area contributed by atoms with Gasteiger partial charge in [0, 0.05) is 5.02 Å². The minimum atomic E-state index is -0.632. The van der Waals surface area contributed by atoms with Gasteiger partial charge in [-0.25, -0.2) is 4.79 Å². The zero-order valence-corrected chi connectivity index (χ0v) is 9.67. The standard InChI is InChI=1S/C11H13ClO3/c1-7-4-5-9(12)6-10(7)15-8(2)11(13)14-3/h4-6,8H,1-3H3. The fourth-order valence-corrected chi connectivity index (χ4v) is 1.27. The molecule has 0 aliphatic carbocycles. The fraction of sp³-hybridized carbons (Fsp3) is 0.364. The van der Waals surface area contributed by atoms with Crippen LogP contribution in [0.1, 0.15) is 12.5 Å². The van der Waals surface area contributed by atoms with E-state index in [1.165, 1.54) is 7.11 Å². The normalized spacial score (nSPS) is 12.0. The smallest absolute Gasteiger partial charge is 0.346 e. The lowest BCUT2D eigenvalue weighted by atomic mass is 10.2. The lowest BCUT2D eigenvalue weighted by Gasteiger charge is -2.14. The third-order valence-electron chi connectivity index (χ3n) is 1.99. The Kier molecular flexibility index (Phi) is 3.97. The molecule has 0 aliphatic rings. The molecule has 0 bridgehead atoms. The molecule has 1 unspecified atom stereocenters. The molecule has 15 heavy (non-hydrogen) atoms. The molecule has 0 radical (unpaired) electrons. The average Bonchev–Trinajstić information content (AvgIpc) is 2.22. The maximum Gasteiger partial charge on any atom is 0.346 e. The van der Waals surface area contributed by atoms with Gasteiger partial charge in [-0.2, -0.15) is 0 Å². The van der Waals surface area contributed by atoms with Gasteiger partial charge in [-0.3, -0.25) is 0 Å². The first-order chi connectivity index (χ1) is 7.04. The molecule has 4 heteroatoms. The Hall–Kier alpha value is -1.22. The molecule has 1 aromatic carbocycles. The third kappa shape index (κ3) is 3.13. The summed E-state index contributed by atoms with van der Waals surface area (Å²) in [6.45, 7) is 3.52. The van der Waals surface area contributed by atoms with Crippen LogP contribution in [0.15, 0.2) is 18.2 Å². The number of carbonyl (C=O) groups excluding carboxylic acids is 1. The van der Waals surface area contributed by atoms with Gasteiger partial charge < -0.3 is 9.47 Å². The molecule has 0 N–H and O–H groups in total. The summed E-state index contributed by atoms with van der Waals surface area (Å²) < 4.78 is 9.98. The Morgan fingerprint density at radius 3 is 2.73 bits per heavy atom. The van der Waals surface area contributed by atoms with E-state index in [1.807, 2.05) is 13.0 Å². The van der Waals surface area contributed by atoms with E-state index in [0.29, 0.717) is 10.8 Å². The number of benzene rings is 1. The van der Waals surface area contributed by atoms with Crippen molar-refractivity contribution in [1.29, 1.82) is 0 Å². The number of carbonyl (C=O) groups is 1. The van der Waals surface area contributed by atoms with Crippen LogP contribution in [0.5, 0.6) is 5.75 Å². The van der Waals surface area contributed by atoms with Crippen molar-refractivity contribution in [3.63, 3.8) is 0 Å². The van der Waals surface area contributed by atoms with Gasteiger partial charge in [0.15, 0.2) is 6.10 Å². The molecule has 0 aliphatic heterocycles. The van der Waals surface area contributed by atoms with Crippen LogP contribution in [0.3, 0.4) is 0 Å². The molecule has 3 nitrogen and oxygen atoms in total. The van der Waals surface area contributed by atoms with Crippen LogP contribution >= 0.6 is 11.6 Å². The summed E-state index contributed by atoms with van der Waals surface area (Å²) in [4.78, 5) is 11.1. The lowest BCUT2D eigenvalue weighted by Crippen LogP contribution is -2.25. The Morgan fingerprint density at radius 1 is 1.47 bits per heavy atom. The highest BCUT2D eigenvalue weighted by atomic mass is 35.5. The molecule has 0 amide bonds. The molecule has 1 atom stereocenters. The van der Waals surface area contributed by atoms with Crippen molar-refractivity contribution in [1.82, 2.24) is 0 Å². The number of methoxy groups -OCH3 is 1. The van der Waals surface area contributed by atoms with E-state index in [0.717, 1.165) is 5.56 Å². The number of rotatable bonds is 3. The Balaban J connectivity index is 2.80. The predicted octanol–water partition coefficient (Wildman–Crippen LogP) is 2.59. The van der Waals surface area contributed by atoms with E-state index in [9.17, 15) is 4.79 Å². The van der Waals surface area contributed by atoms with Gasteiger partial charge >= 0.3 is 5.97 Å². The maximum atomic E-state index is 11.1. The van der Waals surface area contributed by atoms with Gasteiger partial charge in [-0.15, -0.1) is 0 Å². The van der Waals surface area contributed by atoms with Gasteiger partial charge in [0.25, 0.3) is 0 Å². The van der Waals surface area contributed by atoms with Gasteiger partial charge in [-0.05, 0) is 31.5 Å². The Morgan fingerprint density at radius 2 is 2.13 bits per heavy atom. The SMILES string of the molecule is COC(=O)C(C)Oc1cc(Cl)ccc1C. The summed E-state index contributed by atoms with van der Waals surface area (Å²) in [6.07, 6.45) is -0.632. The predicted molar refractivity (Wildman–Crippen MR) is 58.3 cm³/mol. The molecule has 0 fully saturated rings. The number of halogens is 1. The first kappa shape index (κ1) is 11.9. The highest BCUT2D eigenvalue weighted by Gasteiger charge is 2.15. The largest absolute Gasteiger partial charge is 0.479 e. The number of ether oxygens (including phenoxy) is 2. The first-order valence-corrected chi connectivity index (χ1v) is 4.93. The minimum Gasteiger partial charge on any atom is -0.479 e. The van der Waals surface area contributed by atoms with Gasteiger partial charge in [0.1, 0.15) is 5.75 Å². The molecular weight excluding hydrogens is 216 g/mol. The second-order valence-electron chi connectivity index (χ2n) is 3.19. The van der Waals surface area contributed by atoms with Gasteiger partial charge in [0.05, 0.1) is 7.11 Å². The topological polar surface area (TPSA) is 35.5 Å². The minimum absolute atomic E-state index is 0.408. The zero-order valence-electron chi connectivity index (χ0n) is 8.91. The Labute approximate surface area is 93.9 Å². The summed E-state index contributed by atoms with van der Waals surface area (Å²) >= 11 is 5.82. The number of hydrogen-bond donors (Lipinski definition) is 0. The molecule has 1 aromatic rings. The molecule has 1 rings (SSSR count). The van der Waals surface area contributed by atoms with E-state index >= 15 is 0 Å². The number of hydrogen-bond acceptors (Lipinski definition) is 3. The van der Waals surface area contributed by atoms with Gasteiger partial charge in [0.2, 0.25) is 0 Å². The van der Waals surface area contributed by atoms with Crippen molar-refractivity contribution in [2.24, 2.45) is 0 Å². The molecule has 0 spiro atoms. The molecule has 0 saturated heterocycles. The highest BCUT2D eigenvalue weighted by Crippen LogP contribution is 2.23. The van der Waals surface area contributed by atoms with Crippen LogP contribution in [-0.4, -0.2) is 19.2 Å². The van der Waals surface area contributed by atoms with E-state index in [2.05, 4.69) is 4.74 Å². The zero-order chi connectivity index (χ0) is 11.4. The van der Waals surface area contributed by atoms with Crippen LogP contribution in [0, 0.1) is 6.92 Å². The van der Waals surface area contributed by atoms with Crippen LogP contribution in [0.4, 0.5) is 0 Å². The van der Waals surface area contributed by atoms with Crippen molar-refractivity contribution >= 4 is 17.6 Å². The lowest BCUT2D eigenvalue weighted by molar-refractivity contribution is -0.147. The monoisotopic (exact) mass is 228 g/mol. The Bertz CT molecular complexity index is 363. The molecular formula is C11H13ClO3. The first-order valence-electron chi connectivity index (χ1n) is 4.55. The van der Waals surface area contributed by atoms with Crippen molar-refractivity contribution in [3.8, 4) is 5.75 Å². The summed E-state index contributed by atoms with van der Waals surface area (Å²) in [5, 5.41) is 0.577. The van der Waals surface area contributed by atoms with Gasteiger partial charge in [-0.1, -0.05) is 17.7 Å². The van der Waals surface area contributed by atoms with E-state index < -0.39 is 12.1 Å². The number of aryl methyl sites for hydroxylation is 1. The third-order valence-corrected chi connectivity index (χ3v) is 2.22. The second-order valence-corrected chi connectivity index (χ2v) is 3.63. The van der Waals surface area contributed by atoms with Crippen LogP contribution in [-0.2, 0) is 9.53 Å². The molecule has 0 saturated carbocycles.